The molecular weight excluding hydrogens is 256 g/mol. The van der Waals surface area contributed by atoms with Crippen LogP contribution in [0, 0.1) is 5.41 Å². The van der Waals surface area contributed by atoms with E-state index in [4.69, 9.17) is 4.74 Å². The van der Waals surface area contributed by atoms with Gasteiger partial charge in [0.2, 0.25) is 11.8 Å². The minimum Gasteiger partial charge on any atom is -0.374 e. The third-order valence-electron chi connectivity index (χ3n) is 4.94. The Hall–Kier alpha value is -0.940. The molecule has 1 saturated carbocycles. The predicted octanol–water partition coefficient (Wildman–Crippen LogP) is 1.07. The fourth-order valence-corrected chi connectivity index (χ4v) is 3.78. The van der Waals surface area contributed by atoms with Gasteiger partial charge in [0.25, 0.3) is 0 Å². The van der Waals surface area contributed by atoms with Crippen LogP contribution in [0.1, 0.15) is 44.9 Å². The number of likely N-dealkylation sites (tertiary alicyclic amines) is 1. The van der Waals surface area contributed by atoms with Gasteiger partial charge in [-0.15, -0.1) is 0 Å². The van der Waals surface area contributed by atoms with E-state index in [2.05, 4.69) is 5.32 Å². The molecule has 1 aliphatic carbocycles. The van der Waals surface area contributed by atoms with Gasteiger partial charge in [-0.05, 0) is 12.8 Å². The first-order valence-corrected chi connectivity index (χ1v) is 7.88. The van der Waals surface area contributed by atoms with E-state index >= 15 is 0 Å². The molecule has 0 radical (unpaired) electrons. The number of hydrogen-bond acceptors (Lipinski definition) is 4. The minimum atomic E-state index is -0.379. The van der Waals surface area contributed by atoms with Crippen LogP contribution in [0.15, 0.2) is 0 Å². The van der Waals surface area contributed by atoms with Crippen LogP contribution in [0.4, 0.5) is 0 Å². The highest BCUT2D eigenvalue weighted by atomic mass is 16.5. The Labute approximate surface area is 120 Å². The van der Waals surface area contributed by atoms with E-state index in [0.717, 1.165) is 38.8 Å². The summed E-state index contributed by atoms with van der Waals surface area (Å²) in [7, 11) is 0. The van der Waals surface area contributed by atoms with Crippen molar-refractivity contribution >= 4 is 11.8 Å². The van der Waals surface area contributed by atoms with Crippen molar-refractivity contribution in [3.05, 3.63) is 0 Å². The Bertz CT molecular complexity index is 383. The van der Waals surface area contributed by atoms with Gasteiger partial charge in [-0.25, -0.2) is 0 Å². The van der Waals surface area contributed by atoms with Crippen molar-refractivity contribution in [1.29, 1.82) is 0 Å². The monoisotopic (exact) mass is 280 g/mol. The Morgan fingerprint density at radius 2 is 1.95 bits per heavy atom. The van der Waals surface area contributed by atoms with Crippen LogP contribution in [0.25, 0.3) is 0 Å². The maximum Gasteiger partial charge on any atom is 0.235 e. The van der Waals surface area contributed by atoms with Gasteiger partial charge in [-0.3, -0.25) is 14.5 Å². The molecule has 2 amide bonds. The maximum absolute atomic E-state index is 12.7. The quantitative estimate of drug-likeness (QED) is 0.769. The van der Waals surface area contributed by atoms with Crippen LogP contribution in [0.5, 0.6) is 0 Å². The van der Waals surface area contributed by atoms with E-state index < -0.39 is 0 Å². The highest BCUT2D eigenvalue weighted by Crippen LogP contribution is 2.44. The molecule has 0 aromatic heterocycles. The van der Waals surface area contributed by atoms with Crippen LogP contribution in [-0.2, 0) is 14.3 Å². The van der Waals surface area contributed by atoms with Gasteiger partial charge in [0, 0.05) is 19.5 Å². The molecule has 5 nitrogen and oxygen atoms in total. The summed E-state index contributed by atoms with van der Waals surface area (Å²) in [6.45, 7) is 2.66. The lowest BCUT2D eigenvalue weighted by molar-refractivity contribution is -0.144. The van der Waals surface area contributed by atoms with Gasteiger partial charge in [0.1, 0.15) is 0 Å². The summed E-state index contributed by atoms with van der Waals surface area (Å²) in [6.07, 6.45) is 6.69. The molecule has 2 saturated heterocycles. The summed E-state index contributed by atoms with van der Waals surface area (Å²) in [5.41, 5.74) is -0.379. The van der Waals surface area contributed by atoms with Crippen molar-refractivity contribution in [2.24, 2.45) is 5.41 Å². The number of imide groups is 1. The maximum atomic E-state index is 12.7. The van der Waals surface area contributed by atoms with Crippen molar-refractivity contribution in [3.8, 4) is 0 Å². The highest BCUT2D eigenvalue weighted by molar-refractivity contribution is 6.05. The van der Waals surface area contributed by atoms with Crippen molar-refractivity contribution in [1.82, 2.24) is 10.2 Å². The van der Waals surface area contributed by atoms with Crippen molar-refractivity contribution < 1.29 is 14.3 Å². The third-order valence-corrected chi connectivity index (χ3v) is 4.94. The van der Waals surface area contributed by atoms with E-state index in [0.29, 0.717) is 19.6 Å². The molecule has 2 heterocycles. The highest BCUT2D eigenvalue weighted by Gasteiger charge is 2.51. The molecule has 0 aromatic carbocycles. The smallest absolute Gasteiger partial charge is 0.235 e. The first-order chi connectivity index (χ1) is 9.71. The minimum absolute atomic E-state index is 0.00562. The first kappa shape index (κ1) is 14.0. The fourth-order valence-electron chi connectivity index (χ4n) is 3.78. The third kappa shape index (κ3) is 2.61. The topological polar surface area (TPSA) is 58.6 Å². The van der Waals surface area contributed by atoms with Gasteiger partial charge < -0.3 is 10.1 Å². The molecular formula is C15H24N2O3. The Balaban J connectivity index is 1.69. The number of rotatable bonds is 2. The second kappa shape index (κ2) is 5.82. The van der Waals surface area contributed by atoms with E-state index in [9.17, 15) is 9.59 Å². The Morgan fingerprint density at radius 1 is 1.20 bits per heavy atom. The molecule has 1 atom stereocenters. The molecule has 1 N–H and O–H groups in total. The molecule has 1 spiro atoms. The number of amides is 2. The number of hydrogen-bond donors (Lipinski definition) is 1. The molecule has 2 aliphatic heterocycles. The summed E-state index contributed by atoms with van der Waals surface area (Å²) in [5.74, 6) is 0.0737. The van der Waals surface area contributed by atoms with E-state index in [1.54, 1.807) is 0 Å². The number of nitrogens with zero attached hydrogens (tertiary/aromatic N) is 1. The van der Waals surface area contributed by atoms with Gasteiger partial charge >= 0.3 is 0 Å². The largest absolute Gasteiger partial charge is 0.374 e. The van der Waals surface area contributed by atoms with Crippen LogP contribution >= 0.6 is 0 Å². The van der Waals surface area contributed by atoms with Crippen molar-refractivity contribution in [3.63, 3.8) is 0 Å². The summed E-state index contributed by atoms with van der Waals surface area (Å²) in [5, 5.41) is 3.25. The predicted molar refractivity (Wildman–Crippen MR) is 74.1 cm³/mol. The number of ether oxygens (including phenoxy) is 1. The van der Waals surface area contributed by atoms with E-state index in [-0.39, 0.29) is 23.3 Å². The van der Waals surface area contributed by atoms with Crippen molar-refractivity contribution in [2.75, 3.05) is 26.2 Å². The molecule has 5 heteroatoms. The zero-order valence-electron chi connectivity index (χ0n) is 12.0. The van der Waals surface area contributed by atoms with Crippen LogP contribution in [-0.4, -0.2) is 49.1 Å². The molecule has 0 bridgehead atoms. The van der Waals surface area contributed by atoms with Gasteiger partial charge in [-0.1, -0.05) is 25.7 Å². The number of morpholine rings is 1. The molecule has 3 aliphatic rings. The number of nitrogens with one attached hydrogen (secondary N) is 1. The number of carbonyl (C=O) groups excluding carboxylic acids is 2. The normalized spacial score (nSPS) is 30.8. The Kier molecular flexibility index (Phi) is 4.08. The molecule has 3 fully saturated rings. The molecule has 3 rings (SSSR count). The second-order valence-electron chi connectivity index (χ2n) is 6.38. The lowest BCUT2D eigenvalue weighted by atomic mass is 9.79. The van der Waals surface area contributed by atoms with Gasteiger partial charge in [-0.2, -0.15) is 0 Å². The molecule has 0 aromatic rings. The summed E-state index contributed by atoms with van der Waals surface area (Å²) in [4.78, 5) is 26.5. The van der Waals surface area contributed by atoms with E-state index in [1.807, 2.05) is 0 Å². The Morgan fingerprint density at radius 3 is 2.60 bits per heavy atom. The lowest BCUT2D eigenvalue weighted by Gasteiger charge is -2.29. The van der Waals surface area contributed by atoms with Crippen LogP contribution in [0.2, 0.25) is 0 Å². The summed E-state index contributed by atoms with van der Waals surface area (Å²) >= 11 is 0. The zero-order valence-corrected chi connectivity index (χ0v) is 12.0. The molecule has 1 unspecified atom stereocenters. The molecule has 112 valence electrons. The van der Waals surface area contributed by atoms with Gasteiger partial charge in [0.05, 0.1) is 24.7 Å². The SMILES string of the molecule is O=C1CC2(CCCCCC2)C(=O)N1CC1CNCCO1. The average Bonchev–Trinajstić information content (AvgIpc) is 2.65. The average molecular weight is 280 g/mol. The lowest BCUT2D eigenvalue weighted by Crippen LogP contribution is -2.47. The number of carbonyl (C=O) groups is 2. The molecule has 20 heavy (non-hydrogen) atoms. The summed E-state index contributed by atoms with van der Waals surface area (Å²) in [6, 6.07) is 0. The zero-order chi connectivity index (χ0) is 14.0. The summed E-state index contributed by atoms with van der Waals surface area (Å²) < 4.78 is 5.63. The van der Waals surface area contributed by atoms with E-state index in [1.165, 1.54) is 17.7 Å². The fraction of sp³-hybridized carbons (Fsp3) is 0.867. The van der Waals surface area contributed by atoms with Crippen molar-refractivity contribution in [2.45, 2.75) is 51.0 Å². The second-order valence-corrected chi connectivity index (χ2v) is 6.38. The van der Waals surface area contributed by atoms with Crippen LogP contribution < -0.4 is 5.32 Å². The van der Waals surface area contributed by atoms with Crippen LogP contribution in [0.3, 0.4) is 0 Å². The standard InChI is InChI=1S/C15H24N2O3/c18-13-9-15(5-3-1-2-4-6-15)14(19)17(13)11-12-10-16-7-8-20-12/h12,16H,1-11H2. The first-order valence-electron chi connectivity index (χ1n) is 7.88. The van der Waals surface area contributed by atoms with Gasteiger partial charge in [0.15, 0.2) is 0 Å².